The quantitative estimate of drug-likeness (QED) is 0.496. The lowest BCUT2D eigenvalue weighted by Gasteiger charge is -2.38. The van der Waals surface area contributed by atoms with E-state index in [9.17, 15) is 18.0 Å². The number of benzene rings is 2. The second-order valence-corrected chi connectivity index (χ2v) is 13.5. The number of hydrogen-bond donors (Lipinski definition) is 1. The van der Waals surface area contributed by atoms with Crippen LogP contribution in [0.3, 0.4) is 0 Å². The third-order valence-corrected chi connectivity index (χ3v) is 9.71. The van der Waals surface area contributed by atoms with Crippen LogP contribution in [-0.4, -0.2) is 62.5 Å². The number of amides is 2. The minimum atomic E-state index is -3.23. The van der Waals surface area contributed by atoms with Crippen molar-refractivity contribution in [3.8, 4) is 0 Å². The van der Waals surface area contributed by atoms with Gasteiger partial charge in [0.15, 0.2) is 9.84 Å². The molecule has 1 N–H and O–H groups in total. The second kappa shape index (κ2) is 11.2. The van der Waals surface area contributed by atoms with Crippen molar-refractivity contribution < 1.29 is 18.0 Å². The Morgan fingerprint density at radius 1 is 1.00 bits per heavy atom. The highest BCUT2D eigenvalue weighted by Gasteiger charge is 2.47. The number of likely N-dealkylation sites (tertiary alicyclic amines) is 2. The molecule has 204 valence electrons. The van der Waals surface area contributed by atoms with Crippen LogP contribution in [0.2, 0.25) is 0 Å². The molecule has 1 aliphatic carbocycles. The monoisotopic (exact) mass is 537 g/mol. The van der Waals surface area contributed by atoms with E-state index in [4.69, 9.17) is 0 Å². The number of carbonyl (C=O) groups excluding carboxylic acids is 2. The molecule has 2 aromatic rings. The van der Waals surface area contributed by atoms with Gasteiger partial charge in [0.1, 0.15) is 0 Å². The lowest BCUT2D eigenvalue weighted by atomic mass is 9.77. The molecular weight excluding hydrogens is 498 g/mol. The Morgan fingerprint density at radius 3 is 2.29 bits per heavy atom. The van der Waals surface area contributed by atoms with Crippen molar-refractivity contribution in [2.24, 2.45) is 11.3 Å². The Labute approximate surface area is 226 Å². The summed E-state index contributed by atoms with van der Waals surface area (Å²) in [5.74, 6) is 0.959. The number of piperidine rings is 1. The van der Waals surface area contributed by atoms with E-state index in [2.05, 4.69) is 22.3 Å². The standard InChI is InChI=1S/C30H39N3O4S/c1-38(36,37)26-11-9-24(10-12-26)22-33-20-16-30(29(33)35)14-18-32(19-15-30)17-13-27(25-5-3-2-4-6-25)31-28(34)21-23-7-8-23/h2-6,9-12,23,27H,7-8,13-22H2,1H3,(H,31,34). The maximum absolute atomic E-state index is 13.4. The van der Waals surface area contributed by atoms with E-state index < -0.39 is 9.84 Å². The Bertz CT molecular complexity index is 1230. The van der Waals surface area contributed by atoms with Crippen molar-refractivity contribution in [2.45, 2.75) is 62.4 Å². The number of sulfone groups is 1. The average molecular weight is 538 g/mol. The van der Waals surface area contributed by atoms with E-state index in [1.54, 1.807) is 12.1 Å². The fraction of sp³-hybridized carbons (Fsp3) is 0.533. The highest BCUT2D eigenvalue weighted by Crippen LogP contribution is 2.42. The van der Waals surface area contributed by atoms with E-state index in [0.29, 0.717) is 23.8 Å². The summed E-state index contributed by atoms with van der Waals surface area (Å²) in [6, 6.07) is 17.1. The summed E-state index contributed by atoms with van der Waals surface area (Å²) < 4.78 is 23.5. The molecule has 1 saturated carbocycles. The average Bonchev–Trinajstić information content (AvgIpc) is 3.68. The van der Waals surface area contributed by atoms with Crippen LogP contribution < -0.4 is 5.32 Å². The smallest absolute Gasteiger partial charge is 0.229 e. The maximum atomic E-state index is 13.4. The van der Waals surface area contributed by atoms with Gasteiger partial charge in [0, 0.05) is 32.3 Å². The zero-order valence-corrected chi connectivity index (χ0v) is 23.1. The molecule has 0 aromatic heterocycles. The Kier molecular flexibility index (Phi) is 7.91. The van der Waals surface area contributed by atoms with E-state index in [1.165, 1.54) is 19.1 Å². The Balaban J connectivity index is 1.13. The van der Waals surface area contributed by atoms with Crippen LogP contribution in [0.5, 0.6) is 0 Å². The minimum Gasteiger partial charge on any atom is -0.349 e. The van der Waals surface area contributed by atoms with Gasteiger partial charge < -0.3 is 15.1 Å². The third-order valence-electron chi connectivity index (χ3n) is 8.58. The number of nitrogens with zero attached hydrogens (tertiary/aromatic N) is 2. The van der Waals surface area contributed by atoms with Gasteiger partial charge in [0.25, 0.3) is 0 Å². The maximum Gasteiger partial charge on any atom is 0.229 e. The van der Waals surface area contributed by atoms with Gasteiger partial charge in [-0.25, -0.2) is 8.42 Å². The fourth-order valence-electron chi connectivity index (χ4n) is 5.93. The first-order valence-corrected chi connectivity index (χ1v) is 15.8. The molecule has 5 rings (SSSR count). The lowest BCUT2D eigenvalue weighted by Crippen LogP contribution is -2.45. The normalized spacial score (nSPS) is 20.6. The topological polar surface area (TPSA) is 86.8 Å². The molecule has 2 amide bonds. The molecule has 8 heteroatoms. The Hall–Kier alpha value is -2.71. The van der Waals surface area contributed by atoms with Crippen LogP contribution in [0.25, 0.3) is 0 Å². The summed E-state index contributed by atoms with van der Waals surface area (Å²) in [6.07, 6.45) is 7.64. The molecule has 0 radical (unpaired) electrons. The van der Waals surface area contributed by atoms with Crippen molar-refractivity contribution in [1.29, 1.82) is 0 Å². The van der Waals surface area contributed by atoms with Gasteiger partial charge >= 0.3 is 0 Å². The van der Waals surface area contributed by atoms with Crippen LogP contribution >= 0.6 is 0 Å². The van der Waals surface area contributed by atoms with Gasteiger partial charge in [0.2, 0.25) is 11.8 Å². The van der Waals surface area contributed by atoms with Crippen LogP contribution in [-0.2, 0) is 26.0 Å². The number of hydrogen-bond acceptors (Lipinski definition) is 5. The summed E-state index contributed by atoms with van der Waals surface area (Å²) in [6.45, 7) is 3.94. The molecular formula is C30H39N3O4S. The fourth-order valence-corrected chi connectivity index (χ4v) is 6.56. The third kappa shape index (κ3) is 6.46. The predicted octanol–water partition coefficient (Wildman–Crippen LogP) is 3.95. The van der Waals surface area contributed by atoms with Crippen molar-refractivity contribution >= 4 is 21.7 Å². The summed E-state index contributed by atoms with van der Waals surface area (Å²) in [5, 5.41) is 3.28. The largest absolute Gasteiger partial charge is 0.349 e. The number of carbonyl (C=O) groups is 2. The molecule has 3 fully saturated rings. The van der Waals surface area contributed by atoms with Gasteiger partial charge in [-0.2, -0.15) is 0 Å². The molecule has 1 unspecified atom stereocenters. The van der Waals surface area contributed by atoms with E-state index >= 15 is 0 Å². The number of nitrogens with one attached hydrogen (secondary N) is 1. The summed E-state index contributed by atoms with van der Waals surface area (Å²) in [7, 11) is -3.23. The first kappa shape index (κ1) is 26.9. The molecule has 1 spiro atoms. The molecule has 38 heavy (non-hydrogen) atoms. The zero-order chi connectivity index (χ0) is 26.8. The van der Waals surface area contributed by atoms with Crippen molar-refractivity contribution in [3.63, 3.8) is 0 Å². The molecule has 2 saturated heterocycles. The first-order valence-electron chi connectivity index (χ1n) is 13.9. The molecule has 7 nitrogen and oxygen atoms in total. The SMILES string of the molecule is CS(=O)(=O)c1ccc(CN2CCC3(CCN(CCC(NC(=O)CC4CC4)c4ccccc4)CC3)C2=O)cc1. The highest BCUT2D eigenvalue weighted by molar-refractivity contribution is 7.90. The van der Waals surface area contributed by atoms with Gasteiger partial charge in [-0.05, 0) is 80.8 Å². The van der Waals surface area contributed by atoms with Crippen molar-refractivity contribution in [2.75, 3.05) is 32.4 Å². The van der Waals surface area contributed by atoms with Crippen molar-refractivity contribution in [3.05, 3.63) is 65.7 Å². The van der Waals surface area contributed by atoms with Crippen molar-refractivity contribution in [1.82, 2.24) is 15.1 Å². The van der Waals surface area contributed by atoms with E-state index in [-0.39, 0.29) is 23.3 Å². The summed E-state index contributed by atoms with van der Waals surface area (Å²) in [5.41, 5.74) is 1.83. The van der Waals surface area contributed by atoms with Crippen LogP contribution in [0.4, 0.5) is 0 Å². The minimum absolute atomic E-state index is 0.0102. The molecule has 2 aromatic carbocycles. The Morgan fingerprint density at radius 2 is 1.66 bits per heavy atom. The van der Waals surface area contributed by atoms with E-state index in [1.807, 2.05) is 35.2 Å². The molecule has 2 aliphatic heterocycles. The molecule has 1 atom stereocenters. The van der Waals surface area contributed by atoms with Crippen LogP contribution in [0.1, 0.15) is 62.1 Å². The van der Waals surface area contributed by atoms with Crippen LogP contribution in [0.15, 0.2) is 59.5 Å². The number of rotatable bonds is 10. The molecule has 0 bridgehead atoms. The summed E-state index contributed by atoms with van der Waals surface area (Å²) >= 11 is 0. The van der Waals surface area contributed by atoms with Crippen LogP contribution in [0, 0.1) is 11.3 Å². The van der Waals surface area contributed by atoms with Gasteiger partial charge in [-0.3, -0.25) is 9.59 Å². The predicted molar refractivity (Wildman–Crippen MR) is 147 cm³/mol. The second-order valence-electron chi connectivity index (χ2n) is 11.5. The first-order chi connectivity index (χ1) is 18.2. The van der Waals surface area contributed by atoms with Gasteiger partial charge in [0.05, 0.1) is 16.4 Å². The molecule has 3 aliphatic rings. The van der Waals surface area contributed by atoms with Gasteiger partial charge in [-0.1, -0.05) is 42.5 Å². The zero-order valence-electron chi connectivity index (χ0n) is 22.3. The van der Waals surface area contributed by atoms with E-state index in [0.717, 1.165) is 63.0 Å². The molecule has 2 heterocycles. The highest BCUT2D eigenvalue weighted by atomic mass is 32.2. The summed E-state index contributed by atoms with van der Waals surface area (Å²) in [4.78, 5) is 30.7. The lowest BCUT2D eigenvalue weighted by molar-refractivity contribution is -0.139. The van der Waals surface area contributed by atoms with Gasteiger partial charge in [-0.15, -0.1) is 0 Å².